The van der Waals surface area contributed by atoms with E-state index in [4.69, 9.17) is 4.74 Å². The molecule has 0 aromatic rings. The molecule has 1 aliphatic rings. The molecule has 1 rings (SSSR count). The Morgan fingerprint density at radius 2 is 1.89 bits per heavy atom. The van der Waals surface area contributed by atoms with Crippen LogP contribution in [0.1, 0.15) is 46.5 Å². The third kappa shape index (κ3) is 6.83. The first kappa shape index (κ1) is 15.5. The van der Waals surface area contributed by atoms with Crippen molar-refractivity contribution in [3.8, 4) is 0 Å². The second kappa shape index (κ2) is 6.58. The van der Waals surface area contributed by atoms with E-state index in [-0.39, 0.29) is 18.6 Å². The summed E-state index contributed by atoms with van der Waals surface area (Å²) in [4.78, 5) is 26.0. The topological polar surface area (TPSA) is 90.7 Å². The van der Waals surface area contributed by atoms with E-state index in [0.29, 0.717) is 0 Å². The molecule has 1 amide bonds. The standard InChI is InChI=1S/C12H22N2O5/c1-12(2,3)19-11(15)13-10-6-4-9(5-7-10)8-18-14(16)17/h9-10H,4-8H2,1-3H3,(H,13,15). The Kier molecular flexibility index (Phi) is 5.38. The van der Waals surface area contributed by atoms with E-state index in [2.05, 4.69) is 10.2 Å². The molecule has 0 aromatic heterocycles. The minimum atomic E-state index is -0.759. The smallest absolute Gasteiger partial charge is 0.407 e. The molecule has 1 aliphatic carbocycles. The lowest BCUT2D eigenvalue weighted by Gasteiger charge is -2.29. The number of amides is 1. The van der Waals surface area contributed by atoms with Crippen molar-refractivity contribution in [3.63, 3.8) is 0 Å². The number of rotatable bonds is 4. The quantitative estimate of drug-likeness (QED) is 0.627. The lowest BCUT2D eigenvalue weighted by molar-refractivity contribution is -0.759. The Balaban J connectivity index is 2.23. The van der Waals surface area contributed by atoms with Crippen molar-refractivity contribution in [3.05, 3.63) is 10.1 Å². The highest BCUT2D eigenvalue weighted by molar-refractivity contribution is 5.68. The van der Waals surface area contributed by atoms with Gasteiger partial charge in [-0.2, -0.15) is 0 Å². The molecule has 0 radical (unpaired) electrons. The first-order valence-corrected chi connectivity index (χ1v) is 6.53. The SMILES string of the molecule is CC(C)(C)OC(=O)NC1CCC(CO[N+](=O)[O-])CC1. The lowest BCUT2D eigenvalue weighted by Crippen LogP contribution is -2.41. The molecule has 0 aromatic carbocycles. The third-order valence-electron chi connectivity index (χ3n) is 2.98. The fraction of sp³-hybridized carbons (Fsp3) is 0.917. The normalized spacial score (nSPS) is 23.5. The van der Waals surface area contributed by atoms with Gasteiger partial charge in [0.05, 0.1) is 6.61 Å². The second-order valence-corrected chi connectivity index (χ2v) is 5.88. The van der Waals surface area contributed by atoms with Crippen LogP contribution in [-0.2, 0) is 9.57 Å². The van der Waals surface area contributed by atoms with E-state index in [1.165, 1.54) is 0 Å². The second-order valence-electron chi connectivity index (χ2n) is 5.88. The van der Waals surface area contributed by atoms with Crippen molar-refractivity contribution in [2.24, 2.45) is 5.92 Å². The highest BCUT2D eigenvalue weighted by atomic mass is 16.9. The zero-order valence-electron chi connectivity index (χ0n) is 11.7. The molecule has 0 bridgehead atoms. The molecule has 1 fully saturated rings. The van der Waals surface area contributed by atoms with E-state index in [1.807, 2.05) is 20.8 Å². The molecule has 1 saturated carbocycles. The van der Waals surface area contributed by atoms with Crippen LogP contribution >= 0.6 is 0 Å². The van der Waals surface area contributed by atoms with Crippen LogP contribution in [0.5, 0.6) is 0 Å². The monoisotopic (exact) mass is 274 g/mol. The number of carbonyl (C=O) groups is 1. The Morgan fingerprint density at radius 3 is 2.37 bits per heavy atom. The fourth-order valence-corrected chi connectivity index (χ4v) is 2.11. The first-order valence-electron chi connectivity index (χ1n) is 6.53. The van der Waals surface area contributed by atoms with Gasteiger partial charge in [-0.1, -0.05) is 0 Å². The summed E-state index contributed by atoms with van der Waals surface area (Å²) in [6.45, 7) is 5.60. The van der Waals surface area contributed by atoms with Crippen LogP contribution in [0, 0.1) is 16.0 Å². The largest absolute Gasteiger partial charge is 0.444 e. The van der Waals surface area contributed by atoms with Gasteiger partial charge in [0.1, 0.15) is 5.60 Å². The van der Waals surface area contributed by atoms with Crippen molar-refractivity contribution in [2.75, 3.05) is 6.61 Å². The molecular formula is C12H22N2O5. The van der Waals surface area contributed by atoms with Gasteiger partial charge in [0.15, 0.2) is 0 Å². The van der Waals surface area contributed by atoms with Crippen LogP contribution in [0.2, 0.25) is 0 Å². The maximum Gasteiger partial charge on any atom is 0.407 e. The van der Waals surface area contributed by atoms with Crippen molar-refractivity contribution in [1.29, 1.82) is 0 Å². The number of nitrogens with one attached hydrogen (secondary N) is 1. The number of alkyl carbamates (subject to hydrolysis) is 1. The molecule has 0 unspecified atom stereocenters. The van der Waals surface area contributed by atoms with E-state index in [0.717, 1.165) is 25.7 Å². The molecule has 19 heavy (non-hydrogen) atoms. The maximum atomic E-state index is 11.6. The Labute approximate surface area is 112 Å². The van der Waals surface area contributed by atoms with Crippen LogP contribution < -0.4 is 5.32 Å². The Bertz CT molecular complexity index is 319. The van der Waals surface area contributed by atoms with Crippen molar-refractivity contribution in [1.82, 2.24) is 5.32 Å². The average Bonchev–Trinajstić information content (AvgIpc) is 2.25. The summed E-state index contributed by atoms with van der Waals surface area (Å²) in [6.07, 6.45) is 2.82. The van der Waals surface area contributed by atoms with E-state index < -0.39 is 16.8 Å². The summed E-state index contributed by atoms with van der Waals surface area (Å²) in [5, 5.41) is 12.2. The number of ether oxygens (including phenoxy) is 1. The summed E-state index contributed by atoms with van der Waals surface area (Å²) in [5.74, 6) is 0.196. The van der Waals surface area contributed by atoms with Gasteiger partial charge in [0.2, 0.25) is 0 Å². The molecule has 0 heterocycles. The minimum absolute atomic E-state index is 0.0849. The molecule has 0 aliphatic heterocycles. The van der Waals surface area contributed by atoms with Gasteiger partial charge in [-0.05, 0) is 52.4 Å². The van der Waals surface area contributed by atoms with Crippen molar-refractivity contribution >= 4 is 6.09 Å². The summed E-state index contributed by atoms with van der Waals surface area (Å²) >= 11 is 0. The van der Waals surface area contributed by atoms with Crippen LogP contribution in [0.25, 0.3) is 0 Å². The van der Waals surface area contributed by atoms with E-state index >= 15 is 0 Å². The van der Waals surface area contributed by atoms with Crippen LogP contribution in [0.15, 0.2) is 0 Å². The molecule has 7 heteroatoms. The maximum absolute atomic E-state index is 11.6. The Hall–Kier alpha value is -1.53. The molecule has 1 N–H and O–H groups in total. The van der Waals surface area contributed by atoms with E-state index in [1.54, 1.807) is 0 Å². The fourth-order valence-electron chi connectivity index (χ4n) is 2.11. The Morgan fingerprint density at radius 1 is 1.32 bits per heavy atom. The third-order valence-corrected chi connectivity index (χ3v) is 2.98. The van der Waals surface area contributed by atoms with Gasteiger partial charge in [0.25, 0.3) is 5.09 Å². The van der Waals surface area contributed by atoms with Crippen LogP contribution in [-0.4, -0.2) is 29.4 Å². The number of nitrogens with zero attached hydrogens (tertiary/aromatic N) is 1. The number of hydrogen-bond donors (Lipinski definition) is 1. The summed E-state index contributed by atoms with van der Waals surface area (Å²) in [6, 6.07) is 0.0849. The van der Waals surface area contributed by atoms with Crippen molar-refractivity contribution < 1.29 is 19.5 Å². The summed E-state index contributed by atoms with van der Waals surface area (Å²) < 4.78 is 5.18. The van der Waals surface area contributed by atoms with E-state index in [9.17, 15) is 14.9 Å². The lowest BCUT2D eigenvalue weighted by atomic mass is 9.87. The zero-order chi connectivity index (χ0) is 14.5. The first-order chi connectivity index (χ1) is 8.76. The van der Waals surface area contributed by atoms with Crippen molar-refractivity contribution in [2.45, 2.75) is 58.1 Å². The molecule has 7 nitrogen and oxygen atoms in total. The molecule has 0 saturated heterocycles. The molecule has 0 atom stereocenters. The van der Waals surface area contributed by atoms with Crippen LogP contribution in [0.4, 0.5) is 4.79 Å². The number of hydrogen-bond acceptors (Lipinski definition) is 5. The van der Waals surface area contributed by atoms with Gasteiger partial charge >= 0.3 is 6.09 Å². The number of carbonyl (C=O) groups excluding carboxylic acids is 1. The molecule has 110 valence electrons. The van der Waals surface area contributed by atoms with Gasteiger partial charge in [-0.3, -0.25) is 0 Å². The predicted molar refractivity (Wildman–Crippen MR) is 68.1 cm³/mol. The van der Waals surface area contributed by atoms with Gasteiger partial charge in [-0.15, -0.1) is 10.1 Å². The minimum Gasteiger partial charge on any atom is -0.444 e. The van der Waals surface area contributed by atoms with Gasteiger partial charge in [0, 0.05) is 6.04 Å². The molecule has 0 spiro atoms. The van der Waals surface area contributed by atoms with Crippen LogP contribution in [0.3, 0.4) is 0 Å². The highest BCUT2D eigenvalue weighted by Crippen LogP contribution is 2.24. The summed E-state index contributed by atoms with van der Waals surface area (Å²) in [7, 11) is 0. The summed E-state index contributed by atoms with van der Waals surface area (Å²) in [5.41, 5.74) is -0.499. The highest BCUT2D eigenvalue weighted by Gasteiger charge is 2.25. The average molecular weight is 274 g/mol. The van der Waals surface area contributed by atoms with Gasteiger partial charge in [-0.25, -0.2) is 4.79 Å². The zero-order valence-corrected chi connectivity index (χ0v) is 11.7. The predicted octanol–water partition coefficient (Wildman–Crippen LogP) is 2.28. The molecular weight excluding hydrogens is 252 g/mol. The van der Waals surface area contributed by atoms with Gasteiger partial charge < -0.3 is 14.9 Å².